The lowest BCUT2D eigenvalue weighted by molar-refractivity contribution is -0.154. The summed E-state index contributed by atoms with van der Waals surface area (Å²) in [5.74, 6) is 0.519. The Morgan fingerprint density at radius 1 is 1.12 bits per heavy atom. The number of hydrogen-bond donors (Lipinski definition) is 2. The maximum atomic E-state index is 12.2. The Bertz CT molecular complexity index is 747. The molecule has 0 bridgehead atoms. The molecule has 5 nitrogen and oxygen atoms in total. The highest BCUT2D eigenvalue weighted by molar-refractivity contribution is 5.79. The van der Waals surface area contributed by atoms with E-state index in [1.54, 1.807) is 13.1 Å². The maximum absolute atomic E-state index is 12.2. The van der Waals surface area contributed by atoms with Crippen molar-refractivity contribution in [3.63, 3.8) is 0 Å². The minimum absolute atomic E-state index is 0.0654. The Morgan fingerprint density at radius 3 is 2.42 bits per heavy atom. The van der Waals surface area contributed by atoms with Crippen LogP contribution in [0.25, 0.3) is 0 Å². The first-order chi connectivity index (χ1) is 12.4. The first kappa shape index (κ1) is 19.6. The lowest BCUT2D eigenvalue weighted by Gasteiger charge is -2.13. The minimum Gasteiger partial charge on any atom is -0.468 e. The molecule has 0 aliphatic rings. The average molecular weight is 366 g/mol. The number of aromatic nitrogens is 1. The highest BCUT2D eigenvalue weighted by atomic mass is 19.4. The number of nitrogens with one attached hydrogen (secondary N) is 2. The number of pyridine rings is 1. The normalized spacial score (nSPS) is 12.0. The van der Waals surface area contributed by atoms with Crippen LogP contribution in [-0.4, -0.2) is 30.8 Å². The van der Waals surface area contributed by atoms with E-state index in [1.165, 1.54) is 17.8 Å². The molecule has 2 rings (SSSR count). The SMILES string of the molecule is CN=C(NCc1cccc(C)c1)NCc1ccnc(OCC(F)(F)F)c1. The molecular weight excluding hydrogens is 345 g/mol. The van der Waals surface area contributed by atoms with Crippen molar-refractivity contribution >= 4 is 5.96 Å². The highest BCUT2D eigenvalue weighted by Gasteiger charge is 2.28. The zero-order valence-electron chi connectivity index (χ0n) is 14.6. The van der Waals surface area contributed by atoms with Crippen molar-refractivity contribution in [2.75, 3.05) is 13.7 Å². The van der Waals surface area contributed by atoms with Gasteiger partial charge in [0.1, 0.15) is 0 Å². The Hall–Kier alpha value is -2.77. The van der Waals surface area contributed by atoms with Gasteiger partial charge in [-0.25, -0.2) is 4.98 Å². The standard InChI is InChI=1S/C18H21F3N4O/c1-13-4-3-5-14(8-13)10-24-17(22-2)25-11-15-6-7-23-16(9-15)26-12-18(19,20)21/h3-9H,10-12H2,1-2H3,(H2,22,24,25). The van der Waals surface area contributed by atoms with Gasteiger partial charge in [-0.15, -0.1) is 0 Å². The third-order valence-electron chi connectivity index (χ3n) is 3.41. The number of guanidine groups is 1. The molecule has 1 aromatic carbocycles. The molecule has 0 amide bonds. The smallest absolute Gasteiger partial charge is 0.422 e. The van der Waals surface area contributed by atoms with Gasteiger partial charge in [-0.3, -0.25) is 4.99 Å². The van der Waals surface area contributed by atoms with Gasteiger partial charge in [0.05, 0.1) is 0 Å². The van der Waals surface area contributed by atoms with Crippen molar-refractivity contribution in [3.8, 4) is 5.88 Å². The minimum atomic E-state index is -4.39. The van der Waals surface area contributed by atoms with Crippen molar-refractivity contribution in [1.82, 2.24) is 15.6 Å². The monoisotopic (exact) mass is 366 g/mol. The summed E-state index contributed by atoms with van der Waals surface area (Å²) >= 11 is 0. The van der Waals surface area contributed by atoms with Crippen LogP contribution in [0.2, 0.25) is 0 Å². The molecule has 0 atom stereocenters. The van der Waals surface area contributed by atoms with E-state index in [9.17, 15) is 13.2 Å². The van der Waals surface area contributed by atoms with E-state index >= 15 is 0 Å². The van der Waals surface area contributed by atoms with Gasteiger partial charge >= 0.3 is 6.18 Å². The predicted molar refractivity (Wildman–Crippen MR) is 94.0 cm³/mol. The lowest BCUT2D eigenvalue weighted by atomic mass is 10.1. The van der Waals surface area contributed by atoms with Crippen molar-refractivity contribution in [2.45, 2.75) is 26.2 Å². The number of aliphatic imine (C=N–C) groups is 1. The second-order valence-corrected chi connectivity index (χ2v) is 5.67. The van der Waals surface area contributed by atoms with E-state index in [0.29, 0.717) is 19.0 Å². The number of ether oxygens (including phenoxy) is 1. The van der Waals surface area contributed by atoms with Crippen molar-refractivity contribution < 1.29 is 17.9 Å². The van der Waals surface area contributed by atoms with E-state index in [1.807, 2.05) is 25.1 Å². The highest BCUT2D eigenvalue weighted by Crippen LogP contribution is 2.17. The maximum Gasteiger partial charge on any atom is 0.422 e. The van der Waals surface area contributed by atoms with E-state index in [4.69, 9.17) is 0 Å². The molecule has 2 N–H and O–H groups in total. The van der Waals surface area contributed by atoms with Crippen LogP contribution >= 0.6 is 0 Å². The number of rotatable bonds is 6. The fourth-order valence-corrected chi connectivity index (χ4v) is 2.21. The van der Waals surface area contributed by atoms with Gasteiger partial charge in [0.15, 0.2) is 12.6 Å². The zero-order valence-corrected chi connectivity index (χ0v) is 14.6. The summed E-state index contributed by atoms with van der Waals surface area (Å²) in [5, 5.41) is 6.29. The largest absolute Gasteiger partial charge is 0.468 e. The number of alkyl halides is 3. The first-order valence-corrected chi connectivity index (χ1v) is 8.00. The van der Waals surface area contributed by atoms with E-state index in [-0.39, 0.29) is 5.88 Å². The third-order valence-corrected chi connectivity index (χ3v) is 3.41. The molecule has 0 aliphatic carbocycles. The Kier molecular flexibility index (Phi) is 6.82. The summed E-state index contributed by atoms with van der Waals surface area (Å²) in [7, 11) is 1.65. The van der Waals surface area contributed by atoms with E-state index < -0.39 is 12.8 Å². The average Bonchev–Trinajstić information content (AvgIpc) is 2.60. The van der Waals surface area contributed by atoms with Gasteiger partial charge in [-0.05, 0) is 24.1 Å². The van der Waals surface area contributed by atoms with Crippen molar-refractivity contribution in [1.29, 1.82) is 0 Å². The van der Waals surface area contributed by atoms with Crippen molar-refractivity contribution in [3.05, 3.63) is 59.3 Å². The first-order valence-electron chi connectivity index (χ1n) is 8.00. The second-order valence-electron chi connectivity index (χ2n) is 5.67. The summed E-state index contributed by atoms with van der Waals surface area (Å²) in [6.07, 6.45) is -2.98. The molecule has 0 fully saturated rings. The molecule has 0 saturated carbocycles. The fraction of sp³-hybridized carbons (Fsp3) is 0.333. The molecule has 8 heteroatoms. The Labute approximate surface area is 150 Å². The Morgan fingerprint density at radius 2 is 1.81 bits per heavy atom. The summed E-state index contributed by atoms with van der Waals surface area (Å²) < 4.78 is 41.3. The molecule has 0 spiro atoms. The molecule has 1 aromatic heterocycles. The number of aryl methyl sites for hydroxylation is 1. The predicted octanol–water partition coefficient (Wildman–Crippen LogP) is 3.20. The summed E-state index contributed by atoms with van der Waals surface area (Å²) in [6.45, 7) is 1.64. The number of hydrogen-bond acceptors (Lipinski definition) is 3. The zero-order chi connectivity index (χ0) is 19.0. The molecule has 2 aromatic rings. The van der Waals surface area contributed by atoms with Crippen LogP contribution in [0.1, 0.15) is 16.7 Å². The molecule has 0 saturated heterocycles. The summed E-state index contributed by atoms with van der Waals surface area (Å²) in [6, 6.07) is 11.3. The van der Waals surface area contributed by atoms with Gasteiger partial charge < -0.3 is 15.4 Å². The second kappa shape index (κ2) is 9.07. The quantitative estimate of drug-likeness (QED) is 0.609. The van der Waals surface area contributed by atoms with Crippen LogP contribution in [0.15, 0.2) is 47.6 Å². The van der Waals surface area contributed by atoms with Crippen LogP contribution in [0.3, 0.4) is 0 Å². The topological polar surface area (TPSA) is 58.5 Å². The van der Waals surface area contributed by atoms with Crippen LogP contribution in [0, 0.1) is 6.92 Å². The van der Waals surface area contributed by atoms with Gasteiger partial charge in [0.2, 0.25) is 5.88 Å². The fourth-order valence-electron chi connectivity index (χ4n) is 2.21. The third kappa shape index (κ3) is 7.00. The molecular formula is C18H21F3N4O. The molecule has 0 radical (unpaired) electrons. The van der Waals surface area contributed by atoms with Crippen molar-refractivity contribution in [2.24, 2.45) is 4.99 Å². The molecule has 0 aliphatic heterocycles. The number of halogens is 3. The summed E-state index contributed by atoms with van der Waals surface area (Å²) in [5.41, 5.74) is 3.03. The molecule has 0 unspecified atom stereocenters. The van der Waals surface area contributed by atoms with Gasteiger partial charge in [-0.2, -0.15) is 13.2 Å². The van der Waals surface area contributed by atoms with Gasteiger partial charge in [0.25, 0.3) is 0 Å². The van der Waals surface area contributed by atoms with Gasteiger partial charge in [0, 0.05) is 32.4 Å². The van der Waals surface area contributed by atoms with E-state index in [0.717, 1.165) is 11.1 Å². The van der Waals surface area contributed by atoms with Crippen LogP contribution < -0.4 is 15.4 Å². The number of benzene rings is 1. The van der Waals surface area contributed by atoms with Crippen LogP contribution in [0.4, 0.5) is 13.2 Å². The molecule has 1 heterocycles. The van der Waals surface area contributed by atoms with E-state index in [2.05, 4.69) is 31.4 Å². The number of nitrogens with zero attached hydrogens (tertiary/aromatic N) is 2. The Balaban J connectivity index is 1.86. The van der Waals surface area contributed by atoms with Crippen LogP contribution in [-0.2, 0) is 13.1 Å². The summed E-state index contributed by atoms with van der Waals surface area (Å²) in [4.78, 5) is 7.91. The van der Waals surface area contributed by atoms with Crippen LogP contribution in [0.5, 0.6) is 5.88 Å². The molecule has 140 valence electrons. The van der Waals surface area contributed by atoms with Gasteiger partial charge in [-0.1, -0.05) is 29.8 Å². The lowest BCUT2D eigenvalue weighted by Crippen LogP contribution is -2.36. The molecule has 26 heavy (non-hydrogen) atoms.